The topological polar surface area (TPSA) is 84.8 Å². The molecule has 156 valence electrons. The van der Waals surface area contributed by atoms with E-state index in [1.807, 2.05) is 24.3 Å². The largest absolute Gasteiger partial charge is 0.481 e. The number of imidazole rings is 1. The van der Waals surface area contributed by atoms with Crippen LogP contribution in [-0.4, -0.2) is 20.5 Å². The second-order valence-electron chi connectivity index (χ2n) is 6.48. The third-order valence-corrected chi connectivity index (χ3v) is 5.21. The van der Waals surface area contributed by atoms with Crippen molar-refractivity contribution in [2.75, 3.05) is 0 Å². The Morgan fingerprint density at radius 1 is 1.16 bits per heavy atom. The van der Waals surface area contributed by atoms with Crippen LogP contribution >= 0.6 is 11.3 Å². The number of thiazole rings is 1. The molecule has 0 aliphatic carbocycles. The summed E-state index contributed by atoms with van der Waals surface area (Å²) in [7, 11) is 0. The molecule has 0 amide bonds. The molecular weight excluding hydrogens is 426 g/mol. The van der Waals surface area contributed by atoms with Gasteiger partial charge in [0.25, 0.3) is 11.5 Å². The van der Waals surface area contributed by atoms with Gasteiger partial charge in [0.05, 0.1) is 16.6 Å². The van der Waals surface area contributed by atoms with Gasteiger partial charge in [0.1, 0.15) is 27.7 Å². The third-order valence-electron chi connectivity index (χ3n) is 4.24. The maximum atomic E-state index is 13.9. The number of hydrogen-bond donors (Lipinski definition) is 1. The molecule has 0 saturated heterocycles. The molecule has 3 aromatic heterocycles. The molecule has 0 bridgehead atoms. The highest BCUT2D eigenvalue weighted by atomic mass is 32.1. The molecule has 0 radical (unpaired) electrons. The van der Waals surface area contributed by atoms with E-state index in [-0.39, 0.29) is 16.9 Å². The van der Waals surface area contributed by atoms with Crippen LogP contribution < -0.4 is 10.1 Å². The fraction of sp³-hybridized carbons (Fsp3) is 0.0455. The first kappa shape index (κ1) is 20.4. The minimum atomic E-state index is -0.833. The van der Waals surface area contributed by atoms with Gasteiger partial charge in [-0.3, -0.25) is 9.59 Å². The fourth-order valence-electron chi connectivity index (χ4n) is 3.01. The summed E-state index contributed by atoms with van der Waals surface area (Å²) in [5.41, 5.74) is 1.49. The van der Waals surface area contributed by atoms with Crippen molar-refractivity contribution >= 4 is 39.4 Å². The van der Waals surface area contributed by atoms with Crippen LogP contribution in [0.25, 0.3) is 33.4 Å². The first-order valence-corrected chi connectivity index (χ1v) is 9.81. The summed E-state index contributed by atoms with van der Waals surface area (Å²) in [5, 5.41) is 7.42. The quantitative estimate of drug-likeness (QED) is 0.447. The minimum absolute atomic E-state index is 0.158. The number of benzene rings is 2. The van der Waals surface area contributed by atoms with E-state index in [0.717, 1.165) is 24.0 Å². The lowest BCUT2D eigenvalue weighted by Gasteiger charge is -1.98. The standard InChI is InChI=1S/C20H10F2N2O2S.C2H4O2/c21-11-5-7-13(14(22)9-11)17-8-6-12(26-17)10-18-19(25)24-16-4-2-1-3-15(16)23-20(24)27-18;1-2(3)4/h1-10H;1H3,(H,3,4)/b18-10+;. The maximum absolute atomic E-state index is 13.9. The first-order valence-electron chi connectivity index (χ1n) is 9.00. The summed E-state index contributed by atoms with van der Waals surface area (Å²) in [6, 6.07) is 13.9. The van der Waals surface area contributed by atoms with Crippen molar-refractivity contribution in [3.05, 3.63) is 86.9 Å². The van der Waals surface area contributed by atoms with Gasteiger partial charge in [-0.15, -0.1) is 0 Å². The van der Waals surface area contributed by atoms with Crippen molar-refractivity contribution < 1.29 is 23.1 Å². The summed E-state index contributed by atoms with van der Waals surface area (Å²) in [6.45, 7) is 1.08. The van der Waals surface area contributed by atoms with Gasteiger partial charge in [-0.2, -0.15) is 0 Å². The van der Waals surface area contributed by atoms with Crippen molar-refractivity contribution in [3.8, 4) is 11.3 Å². The van der Waals surface area contributed by atoms with Crippen LogP contribution in [0.2, 0.25) is 0 Å². The van der Waals surface area contributed by atoms with Crippen molar-refractivity contribution in [2.45, 2.75) is 6.92 Å². The van der Waals surface area contributed by atoms with Crippen LogP contribution in [0.15, 0.2) is 63.8 Å². The summed E-state index contributed by atoms with van der Waals surface area (Å²) < 4.78 is 34.6. The molecular formula is C22H14F2N2O4S. The van der Waals surface area contributed by atoms with E-state index in [2.05, 4.69) is 4.98 Å². The Balaban J connectivity index is 0.000000535. The van der Waals surface area contributed by atoms with Crippen LogP contribution in [0, 0.1) is 11.6 Å². The molecule has 0 fully saturated rings. The molecule has 5 rings (SSSR count). The second kappa shape index (κ2) is 8.11. The predicted octanol–water partition coefficient (Wildman–Crippen LogP) is 4.09. The molecule has 5 aromatic rings. The number of para-hydroxylation sites is 2. The van der Waals surface area contributed by atoms with Crippen molar-refractivity contribution in [1.82, 2.24) is 9.38 Å². The highest BCUT2D eigenvalue weighted by Crippen LogP contribution is 2.26. The van der Waals surface area contributed by atoms with Crippen molar-refractivity contribution in [2.24, 2.45) is 0 Å². The van der Waals surface area contributed by atoms with Gasteiger partial charge in [0.2, 0.25) is 0 Å². The Morgan fingerprint density at radius 3 is 2.65 bits per heavy atom. The van der Waals surface area contributed by atoms with E-state index >= 15 is 0 Å². The molecule has 0 atom stereocenters. The number of nitrogens with zero attached hydrogens (tertiary/aromatic N) is 2. The molecule has 2 aromatic carbocycles. The van der Waals surface area contributed by atoms with Gasteiger partial charge in [-0.05, 0) is 36.4 Å². The van der Waals surface area contributed by atoms with E-state index in [9.17, 15) is 13.6 Å². The Kier molecular flexibility index (Phi) is 5.35. The molecule has 6 nitrogen and oxygen atoms in total. The van der Waals surface area contributed by atoms with Crippen LogP contribution in [0.3, 0.4) is 0 Å². The smallest absolute Gasteiger partial charge is 0.300 e. The lowest BCUT2D eigenvalue weighted by atomic mass is 10.1. The molecule has 0 unspecified atom stereocenters. The zero-order valence-electron chi connectivity index (χ0n) is 16.0. The van der Waals surface area contributed by atoms with Gasteiger partial charge in [-0.1, -0.05) is 23.5 Å². The van der Waals surface area contributed by atoms with Crippen molar-refractivity contribution in [3.63, 3.8) is 0 Å². The van der Waals surface area contributed by atoms with E-state index in [1.54, 1.807) is 22.6 Å². The number of aliphatic carboxylic acids is 1. The highest BCUT2D eigenvalue weighted by Gasteiger charge is 2.13. The lowest BCUT2D eigenvalue weighted by molar-refractivity contribution is -0.134. The van der Waals surface area contributed by atoms with Gasteiger partial charge < -0.3 is 9.52 Å². The number of aromatic nitrogens is 2. The first-order chi connectivity index (χ1) is 14.8. The molecule has 1 N–H and O–H groups in total. The second-order valence-corrected chi connectivity index (χ2v) is 7.49. The summed E-state index contributed by atoms with van der Waals surface area (Å²) in [4.78, 5) is 26.8. The van der Waals surface area contributed by atoms with Crippen LogP contribution in [-0.2, 0) is 4.79 Å². The normalized spacial score (nSPS) is 11.6. The van der Waals surface area contributed by atoms with Gasteiger partial charge >= 0.3 is 0 Å². The van der Waals surface area contributed by atoms with Crippen LogP contribution in [0.5, 0.6) is 0 Å². The van der Waals surface area contributed by atoms with Gasteiger partial charge in [0, 0.05) is 19.1 Å². The summed E-state index contributed by atoms with van der Waals surface area (Å²) >= 11 is 1.25. The number of fused-ring (bicyclic) bond motifs is 3. The average Bonchev–Trinajstić information content (AvgIpc) is 3.37. The number of furan rings is 1. The molecule has 0 spiro atoms. The van der Waals surface area contributed by atoms with Gasteiger partial charge in [-0.25, -0.2) is 18.2 Å². The lowest BCUT2D eigenvalue weighted by Crippen LogP contribution is -2.22. The number of carboxylic acids is 1. The number of carboxylic acid groups (broad SMARTS) is 1. The number of hydrogen-bond acceptors (Lipinski definition) is 5. The number of carbonyl (C=O) groups is 1. The fourth-order valence-corrected chi connectivity index (χ4v) is 3.97. The third kappa shape index (κ3) is 4.08. The zero-order chi connectivity index (χ0) is 22.1. The Morgan fingerprint density at radius 2 is 1.90 bits per heavy atom. The number of halogens is 2. The van der Waals surface area contributed by atoms with E-state index in [1.165, 1.54) is 23.5 Å². The monoisotopic (exact) mass is 440 g/mol. The Hall–Kier alpha value is -3.85. The zero-order valence-corrected chi connectivity index (χ0v) is 16.8. The molecule has 31 heavy (non-hydrogen) atoms. The van der Waals surface area contributed by atoms with E-state index in [4.69, 9.17) is 14.3 Å². The van der Waals surface area contributed by atoms with Gasteiger partial charge in [0.15, 0.2) is 4.96 Å². The molecule has 9 heteroatoms. The Labute approximate surface area is 177 Å². The molecule has 3 heterocycles. The minimum Gasteiger partial charge on any atom is -0.481 e. The Bertz CT molecular complexity index is 1530. The predicted molar refractivity (Wildman–Crippen MR) is 113 cm³/mol. The average molecular weight is 440 g/mol. The maximum Gasteiger partial charge on any atom is 0.300 e. The molecule has 0 aliphatic heterocycles. The van der Waals surface area contributed by atoms with Crippen molar-refractivity contribution in [1.29, 1.82) is 0 Å². The molecule has 0 saturated carbocycles. The van der Waals surface area contributed by atoms with E-state index < -0.39 is 17.6 Å². The van der Waals surface area contributed by atoms with E-state index in [0.29, 0.717) is 15.3 Å². The highest BCUT2D eigenvalue weighted by molar-refractivity contribution is 7.15. The van der Waals surface area contributed by atoms with Crippen LogP contribution in [0.1, 0.15) is 12.7 Å². The SMILES string of the molecule is CC(=O)O.O=c1/c(=C\c2ccc(-c3ccc(F)cc3F)o2)sc2nc3ccccc3n12. The van der Waals surface area contributed by atoms with Crippen LogP contribution in [0.4, 0.5) is 8.78 Å². The number of rotatable bonds is 2. The summed E-state index contributed by atoms with van der Waals surface area (Å²) in [5.74, 6) is -1.53. The molecule has 0 aliphatic rings. The summed E-state index contributed by atoms with van der Waals surface area (Å²) in [6.07, 6.45) is 1.60.